The van der Waals surface area contributed by atoms with Crippen LogP contribution < -0.4 is 0 Å². The van der Waals surface area contributed by atoms with Gasteiger partial charge in [0.15, 0.2) is 6.10 Å². The Kier molecular flexibility index (Phi) is 41.3. The summed E-state index contributed by atoms with van der Waals surface area (Å²) in [7, 11) is 0. The predicted octanol–water partition coefficient (Wildman–Crippen LogP) is 16.0. The molecule has 0 bridgehead atoms. The van der Waals surface area contributed by atoms with Gasteiger partial charge < -0.3 is 14.2 Å². The molecule has 0 saturated carbocycles. The number of rotatable bonds is 44. The van der Waals surface area contributed by atoms with E-state index in [1.54, 1.807) is 0 Å². The summed E-state index contributed by atoms with van der Waals surface area (Å²) >= 11 is 0. The molecule has 0 aliphatic carbocycles. The highest BCUT2D eigenvalue weighted by atomic mass is 16.6. The first-order chi connectivity index (χ1) is 27.6. The number of carbonyl (C=O) groups excluding carboxylic acids is 3. The Morgan fingerprint density at radius 2 is 0.509 bits per heavy atom. The van der Waals surface area contributed by atoms with Crippen LogP contribution in [-0.4, -0.2) is 37.2 Å². The Hall–Kier alpha value is -1.59. The molecule has 0 heterocycles. The van der Waals surface area contributed by atoms with Crippen molar-refractivity contribution in [3.8, 4) is 0 Å². The third-order valence-corrected chi connectivity index (χ3v) is 11.4. The van der Waals surface area contributed by atoms with Crippen molar-refractivity contribution >= 4 is 17.9 Å². The van der Waals surface area contributed by atoms with Crippen molar-refractivity contribution in [1.82, 2.24) is 0 Å². The fraction of sp³-hybridized carbons (Fsp3) is 0.941. The first kappa shape index (κ1) is 55.4. The van der Waals surface area contributed by atoms with E-state index in [0.717, 1.165) is 75.5 Å². The quantitative estimate of drug-likeness (QED) is 0.0347. The molecule has 0 aliphatic rings. The number of unbranched alkanes of at least 4 members (excludes halogenated alkanes) is 27. The van der Waals surface area contributed by atoms with E-state index in [0.29, 0.717) is 19.3 Å². The van der Waals surface area contributed by atoms with E-state index in [9.17, 15) is 14.4 Å². The molecular weight excluding hydrogens is 709 g/mol. The van der Waals surface area contributed by atoms with E-state index in [1.165, 1.54) is 154 Å². The zero-order chi connectivity index (χ0) is 42.0. The van der Waals surface area contributed by atoms with E-state index >= 15 is 0 Å². The molecule has 0 fully saturated rings. The standard InChI is InChI=1S/C51H98O6/c1-45(2)37-31-25-19-15-13-11-9-7-8-10-12-14-16-21-28-34-40-49(52)55-43-48(57-51(54)42-36-30-24-23-27-33-39-47(5)6)44-56-50(53)41-35-29-22-18-17-20-26-32-38-46(3)4/h45-48H,7-44H2,1-6H3/t48-/m0/s1. The minimum Gasteiger partial charge on any atom is -0.462 e. The largest absolute Gasteiger partial charge is 0.462 e. The highest BCUT2D eigenvalue weighted by molar-refractivity contribution is 5.71. The number of hydrogen-bond donors (Lipinski definition) is 0. The Bertz CT molecular complexity index is 883. The van der Waals surface area contributed by atoms with Gasteiger partial charge in [-0.05, 0) is 37.0 Å². The molecule has 0 aromatic rings. The van der Waals surface area contributed by atoms with Gasteiger partial charge in [-0.1, -0.05) is 234 Å². The van der Waals surface area contributed by atoms with Crippen LogP contribution in [-0.2, 0) is 28.6 Å². The number of ether oxygens (including phenoxy) is 3. The molecule has 0 aromatic heterocycles. The van der Waals surface area contributed by atoms with Gasteiger partial charge in [0.25, 0.3) is 0 Å². The van der Waals surface area contributed by atoms with Crippen LogP contribution in [0, 0.1) is 17.8 Å². The van der Waals surface area contributed by atoms with Crippen LogP contribution >= 0.6 is 0 Å². The van der Waals surface area contributed by atoms with Crippen LogP contribution in [0.1, 0.15) is 273 Å². The van der Waals surface area contributed by atoms with Crippen molar-refractivity contribution < 1.29 is 28.6 Å². The lowest BCUT2D eigenvalue weighted by Crippen LogP contribution is -2.30. The van der Waals surface area contributed by atoms with Gasteiger partial charge in [-0.2, -0.15) is 0 Å². The van der Waals surface area contributed by atoms with Gasteiger partial charge in [0.05, 0.1) is 0 Å². The molecule has 1 atom stereocenters. The van der Waals surface area contributed by atoms with E-state index in [-0.39, 0.29) is 31.1 Å². The second kappa shape index (κ2) is 42.5. The summed E-state index contributed by atoms with van der Waals surface area (Å²) in [6.07, 6.45) is 41.1. The second-order valence-electron chi connectivity index (χ2n) is 18.9. The van der Waals surface area contributed by atoms with Gasteiger partial charge in [0.1, 0.15) is 13.2 Å². The molecule has 0 spiro atoms. The smallest absolute Gasteiger partial charge is 0.306 e. The maximum absolute atomic E-state index is 12.7. The minimum absolute atomic E-state index is 0.0662. The van der Waals surface area contributed by atoms with E-state index in [1.807, 2.05) is 0 Å². The van der Waals surface area contributed by atoms with Crippen LogP contribution in [0.2, 0.25) is 0 Å². The summed E-state index contributed by atoms with van der Waals surface area (Å²) in [6.45, 7) is 13.6. The van der Waals surface area contributed by atoms with Crippen molar-refractivity contribution in [1.29, 1.82) is 0 Å². The summed E-state index contributed by atoms with van der Waals surface area (Å²) in [4.78, 5) is 37.8. The van der Waals surface area contributed by atoms with E-state index in [2.05, 4.69) is 41.5 Å². The molecule has 338 valence electrons. The Morgan fingerprint density at radius 1 is 0.298 bits per heavy atom. The van der Waals surface area contributed by atoms with Crippen molar-refractivity contribution in [2.75, 3.05) is 13.2 Å². The zero-order valence-electron chi connectivity index (χ0n) is 39.1. The molecule has 0 saturated heterocycles. The molecule has 6 heteroatoms. The van der Waals surface area contributed by atoms with Gasteiger partial charge in [-0.15, -0.1) is 0 Å². The molecule has 0 radical (unpaired) electrons. The van der Waals surface area contributed by atoms with Crippen molar-refractivity contribution in [2.24, 2.45) is 17.8 Å². The molecule has 0 N–H and O–H groups in total. The zero-order valence-corrected chi connectivity index (χ0v) is 39.1. The molecule has 0 aliphatic heterocycles. The predicted molar refractivity (Wildman–Crippen MR) is 243 cm³/mol. The lowest BCUT2D eigenvalue weighted by atomic mass is 10.0. The topological polar surface area (TPSA) is 78.9 Å². The summed E-state index contributed by atoms with van der Waals surface area (Å²) in [5.41, 5.74) is 0. The lowest BCUT2D eigenvalue weighted by Gasteiger charge is -2.18. The highest BCUT2D eigenvalue weighted by Crippen LogP contribution is 2.17. The molecule has 6 nitrogen and oxygen atoms in total. The molecule has 0 aromatic carbocycles. The maximum atomic E-state index is 12.7. The second-order valence-corrected chi connectivity index (χ2v) is 18.9. The minimum atomic E-state index is -0.762. The average molecular weight is 807 g/mol. The summed E-state index contributed by atoms with van der Waals surface area (Å²) in [5, 5.41) is 0. The number of hydrogen-bond acceptors (Lipinski definition) is 6. The Balaban J connectivity index is 4.20. The molecule has 57 heavy (non-hydrogen) atoms. The third-order valence-electron chi connectivity index (χ3n) is 11.4. The van der Waals surface area contributed by atoms with Crippen molar-refractivity contribution in [2.45, 2.75) is 279 Å². The van der Waals surface area contributed by atoms with Gasteiger partial charge in [0.2, 0.25) is 0 Å². The molecule has 0 rings (SSSR count). The van der Waals surface area contributed by atoms with Crippen LogP contribution in [0.25, 0.3) is 0 Å². The maximum Gasteiger partial charge on any atom is 0.306 e. The van der Waals surface area contributed by atoms with Gasteiger partial charge in [-0.3, -0.25) is 14.4 Å². The first-order valence-corrected chi connectivity index (χ1v) is 25.1. The van der Waals surface area contributed by atoms with Crippen molar-refractivity contribution in [3.63, 3.8) is 0 Å². The Morgan fingerprint density at radius 3 is 0.754 bits per heavy atom. The lowest BCUT2D eigenvalue weighted by molar-refractivity contribution is -0.167. The van der Waals surface area contributed by atoms with Gasteiger partial charge >= 0.3 is 17.9 Å². The SMILES string of the molecule is CC(C)CCCCCCCCCCCCCCCCCCC(=O)OC[C@@H](COC(=O)CCCCCCCCCCC(C)C)OC(=O)CCCCCCCCC(C)C. The van der Waals surface area contributed by atoms with Crippen LogP contribution in [0.3, 0.4) is 0 Å². The fourth-order valence-electron chi connectivity index (χ4n) is 7.59. The first-order valence-electron chi connectivity index (χ1n) is 25.1. The van der Waals surface area contributed by atoms with E-state index in [4.69, 9.17) is 14.2 Å². The van der Waals surface area contributed by atoms with Gasteiger partial charge in [0, 0.05) is 19.3 Å². The summed E-state index contributed by atoms with van der Waals surface area (Å²) in [6, 6.07) is 0. The normalized spacial score (nSPS) is 12.2. The van der Waals surface area contributed by atoms with Gasteiger partial charge in [-0.25, -0.2) is 0 Å². The monoisotopic (exact) mass is 807 g/mol. The average Bonchev–Trinajstić information content (AvgIpc) is 3.16. The van der Waals surface area contributed by atoms with Crippen molar-refractivity contribution in [3.05, 3.63) is 0 Å². The summed E-state index contributed by atoms with van der Waals surface area (Å²) in [5.74, 6) is 1.55. The van der Waals surface area contributed by atoms with Crippen LogP contribution in [0.15, 0.2) is 0 Å². The van der Waals surface area contributed by atoms with Crippen LogP contribution in [0.4, 0.5) is 0 Å². The number of carbonyl (C=O) groups is 3. The molecule has 0 unspecified atom stereocenters. The highest BCUT2D eigenvalue weighted by Gasteiger charge is 2.19. The van der Waals surface area contributed by atoms with Crippen LogP contribution in [0.5, 0.6) is 0 Å². The summed E-state index contributed by atoms with van der Waals surface area (Å²) < 4.78 is 16.7. The molecular formula is C51H98O6. The fourth-order valence-corrected chi connectivity index (χ4v) is 7.59. The van der Waals surface area contributed by atoms with E-state index < -0.39 is 6.10 Å². The third kappa shape index (κ3) is 45.3. The Labute approximate surface area is 355 Å². The number of esters is 3. The molecule has 0 amide bonds.